The van der Waals surface area contributed by atoms with Gasteiger partial charge in [0.1, 0.15) is 0 Å². The van der Waals surface area contributed by atoms with Crippen LogP contribution in [0.4, 0.5) is 4.39 Å². The first-order chi connectivity index (χ1) is 2.81. The fourth-order valence-corrected chi connectivity index (χ4v) is 0.164. The minimum Gasteiger partial charge on any atom is -0.527 e. The first kappa shape index (κ1) is 5.62. The number of carbonyl (C=O) groups excluding carboxylic acids is 1. The molecular weight excluding hydrogens is 103 g/mol. The summed E-state index contributed by atoms with van der Waals surface area (Å²) in [5.74, 6) is -0.762. The van der Waals surface area contributed by atoms with Crippen molar-refractivity contribution in [3.8, 4) is 0 Å². The Labute approximate surface area is 37.8 Å². The molecule has 0 aliphatic heterocycles. The summed E-state index contributed by atoms with van der Waals surface area (Å²) in [6.07, 6.45) is 0. The van der Waals surface area contributed by atoms with Crippen LogP contribution >= 0.6 is 0 Å². The van der Waals surface area contributed by atoms with Crippen LogP contribution in [-0.4, -0.2) is 23.1 Å². The number of rotatable bonds is 1. The van der Waals surface area contributed by atoms with Gasteiger partial charge in [0, 0.05) is 0 Å². The van der Waals surface area contributed by atoms with Gasteiger partial charge in [-0.25, -0.2) is 4.39 Å². The molecule has 0 heterocycles. The second kappa shape index (κ2) is 2.83. The van der Waals surface area contributed by atoms with Gasteiger partial charge in [-0.2, -0.15) is 0 Å². The molecule has 0 N–H and O–H groups in total. The number of alkyl halides is 1. The Balaban J connectivity index is 2.99. The topological polar surface area (TPSA) is 26.3 Å². The Morgan fingerprint density at radius 3 is 2.50 bits per heavy atom. The Bertz CT molecular complexity index is 49.5. The normalized spacial score (nSPS) is 8.17. The van der Waals surface area contributed by atoms with E-state index in [1.54, 1.807) is 0 Å². The Morgan fingerprint density at radius 2 is 2.50 bits per heavy atom. The zero-order valence-corrected chi connectivity index (χ0v) is 5.40. The van der Waals surface area contributed by atoms with Crippen molar-refractivity contribution >= 4 is 16.5 Å². The fraction of sp³-hybridized carbons (Fsp3) is 0.500. The molecule has 0 radical (unpaired) electrons. The van der Waals surface area contributed by atoms with Crippen molar-refractivity contribution in [1.82, 2.24) is 0 Å². The molecule has 6 heavy (non-hydrogen) atoms. The molecule has 0 spiro atoms. The van der Waals surface area contributed by atoms with Gasteiger partial charge in [-0.3, -0.25) is 4.79 Å². The van der Waals surface area contributed by atoms with Gasteiger partial charge in [0.15, 0.2) is 6.67 Å². The van der Waals surface area contributed by atoms with Crippen LogP contribution in [0.2, 0.25) is 0 Å². The van der Waals surface area contributed by atoms with Crippen molar-refractivity contribution in [2.24, 2.45) is 0 Å². The average molecular weight is 108 g/mol. The van der Waals surface area contributed by atoms with Gasteiger partial charge in [0.25, 0.3) is 0 Å². The van der Waals surface area contributed by atoms with Crippen molar-refractivity contribution < 1.29 is 13.6 Å². The molecule has 4 heteroatoms. The van der Waals surface area contributed by atoms with Crippen molar-refractivity contribution in [3.05, 3.63) is 0 Å². The highest BCUT2D eigenvalue weighted by atomic mass is 28.2. The summed E-state index contributed by atoms with van der Waals surface area (Å²) in [5, 5.41) is 0. The van der Waals surface area contributed by atoms with E-state index in [0.29, 0.717) is 10.5 Å². The van der Waals surface area contributed by atoms with E-state index in [-0.39, 0.29) is 0 Å². The van der Waals surface area contributed by atoms with Crippen LogP contribution in [0, 0.1) is 0 Å². The highest BCUT2D eigenvalue weighted by Gasteiger charge is 1.90. The summed E-state index contributed by atoms with van der Waals surface area (Å²) in [5.41, 5.74) is 0. The zero-order valence-electron chi connectivity index (χ0n) is 3.40. The minimum absolute atomic E-state index is 0.293. The van der Waals surface area contributed by atoms with Crippen LogP contribution in [-0.2, 0) is 9.22 Å². The third kappa shape index (κ3) is 1.89. The maximum Gasteiger partial charge on any atom is 0.323 e. The second-order valence-electron chi connectivity index (χ2n) is 0.710. The number of hydrogen-bond donors (Lipinski definition) is 0. The number of carbonyl (C=O) groups is 1. The molecular formula is C2H5FO2Si. The summed E-state index contributed by atoms with van der Waals surface area (Å²) in [7, 11) is 0.293. The third-order valence-electron chi connectivity index (χ3n) is 0.337. The standard InChI is InChI=1S/C2H5FO2Si/c3-1-2(4)5-6/h1H2,6H3. The van der Waals surface area contributed by atoms with Crippen LogP contribution < -0.4 is 0 Å². The van der Waals surface area contributed by atoms with E-state index in [9.17, 15) is 9.18 Å². The van der Waals surface area contributed by atoms with Gasteiger partial charge < -0.3 is 4.43 Å². The van der Waals surface area contributed by atoms with E-state index in [1.165, 1.54) is 0 Å². The first-order valence-corrected chi connectivity index (χ1v) is 2.25. The predicted molar refractivity (Wildman–Crippen MR) is 22.0 cm³/mol. The lowest BCUT2D eigenvalue weighted by atomic mass is 10.8. The molecule has 0 aromatic carbocycles. The molecule has 0 saturated heterocycles. The van der Waals surface area contributed by atoms with Gasteiger partial charge in [0.2, 0.25) is 10.5 Å². The Hall–Kier alpha value is -0.383. The van der Waals surface area contributed by atoms with Crippen molar-refractivity contribution in [2.75, 3.05) is 6.67 Å². The van der Waals surface area contributed by atoms with E-state index >= 15 is 0 Å². The average Bonchev–Trinajstić information content (AvgIpc) is 1.65. The van der Waals surface area contributed by atoms with Crippen LogP contribution in [0.5, 0.6) is 0 Å². The largest absolute Gasteiger partial charge is 0.527 e. The van der Waals surface area contributed by atoms with E-state index < -0.39 is 12.6 Å². The SMILES string of the molecule is O=C(CF)O[SiH3]. The maximum atomic E-state index is 10.9. The molecule has 0 aromatic rings. The van der Waals surface area contributed by atoms with Crippen molar-refractivity contribution in [3.63, 3.8) is 0 Å². The maximum absolute atomic E-state index is 10.9. The smallest absolute Gasteiger partial charge is 0.323 e. The molecule has 0 unspecified atom stereocenters. The summed E-state index contributed by atoms with van der Waals surface area (Å²) in [4.78, 5) is 9.62. The molecule has 0 atom stereocenters. The number of hydrogen-bond acceptors (Lipinski definition) is 2. The van der Waals surface area contributed by atoms with Crippen LogP contribution in [0.15, 0.2) is 0 Å². The Kier molecular flexibility index (Phi) is 2.65. The van der Waals surface area contributed by atoms with Crippen LogP contribution in [0.1, 0.15) is 0 Å². The third-order valence-corrected chi connectivity index (χ3v) is 0.792. The van der Waals surface area contributed by atoms with Gasteiger partial charge in [-0.15, -0.1) is 0 Å². The number of halogens is 1. The highest BCUT2D eigenvalue weighted by Crippen LogP contribution is 1.69. The van der Waals surface area contributed by atoms with E-state index in [1.807, 2.05) is 0 Å². The van der Waals surface area contributed by atoms with Gasteiger partial charge in [-0.05, 0) is 0 Å². The second-order valence-corrected chi connectivity index (χ2v) is 1.12. The molecule has 0 aliphatic rings. The first-order valence-electron chi connectivity index (χ1n) is 1.44. The molecule has 2 nitrogen and oxygen atoms in total. The van der Waals surface area contributed by atoms with E-state index in [4.69, 9.17) is 0 Å². The Morgan fingerprint density at radius 1 is 2.00 bits per heavy atom. The quantitative estimate of drug-likeness (QED) is 0.393. The van der Waals surface area contributed by atoms with E-state index in [0.717, 1.165) is 0 Å². The lowest BCUT2D eigenvalue weighted by Gasteiger charge is -1.86. The zero-order chi connectivity index (χ0) is 4.99. The molecule has 0 bridgehead atoms. The van der Waals surface area contributed by atoms with Crippen LogP contribution in [0.3, 0.4) is 0 Å². The molecule has 0 amide bonds. The summed E-state index contributed by atoms with van der Waals surface area (Å²) >= 11 is 0. The lowest BCUT2D eigenvalue weighted by molar-refractivity contribution is -0.134. The predicted octanol–water partition coefficient (Wildman–Crippen LogP) is -1.22. The van der Waals surface area contributed by atoms with Gasteiger partial charge >= 0.3 is 5.97 Å². The van der Waals surface area contributed by atoms with Gasteiger partial charge in [-0.1, -0.05) is 0 Å². The molecule has 0 saturated carbocycles. The van der Waals surface area contributed by atoms with Crippen molar-refractivity contribution in [1.29, 1.82) is 0 Å². The molecule has 36 valence electrons. The van der Waals surface area contributed by atoms with E-state index in [2.05, 4.69) is 4.43 Å². The summed E-state index contributed by atoms with van der Waals surface area (Å²) in [6, 6.07) is 0. The fourth-order valence-electron chi connectivity index (χ4n) is 0.0546. The lowest BCUT2D eigenvalue weighted by Crippen LogP contribution is -2.01. The molecule has 0 aliphatic carbocycles. The minimum atomic E-state index is -0.997. The van der Waals surface area contributed by atoms with Crippen molar-refractivity contribution in [2.45, 2.75) is 0 Å². The highest BCUT2D eigenvalue weighted by molar-refractivity contribution is 6.05. The monoisotopic (exact) mass is 108 g/mol. The molecule has 0 aromatic heterocycles. The summed E-state index contributed by atoms with van der Waals surface area (Å²) in [6.45, 7) is -0.997. The summed E-state index contributed by atoms with van der Waals surface area (Å²) < 4.78 is 15.0. The molecule has 0 rings (SSSR count). The molecule has 0 fully saturated rings. The van der Waals surface area contributed by atoms with Gasteiger partial charge in [0.05, 0.1) is 0 Å². The van der Waals surface area contributed by atoms with Crippen LogP contribution in [0.25, 0.3) is 0 Å².